The molecule has 4 atom stereocenters. The Bertz CT molecular complexity index is 681. The van der Waals surface area contributed by atoms with E-state index in [1.54, 1.807) is 0 Å². The van der Waals surface area contributed by atoms with Crippen LogP contribution in [0.15, 0.2) is 24.3 Å². The number of rotatable bonds is 3. The number of ketones is 1. The number of nitrogens with zero attached hydrogens (tertiary/aromatic N) is 1. The summed E-state index contributed by atoms with van der Waals surface area (Å²) in [4.78, 5) is 27.6. The first-order chi connectivity index (χ1) is 12.6. The van der Waals surface area contributed by atoms with Crippen LogP contribution in [0.5, 0.6) is 0 Å². The predicted octanol–water partition coefficient (Wildman–Crippen LogP) is 0.702. The second kappa shape index (κ2) is 7.42. The molecule has 26 heavy (non-hydrogen) atoms. The molecule has 4 unspecified atom stereocenters. The van der Waals surface area contributed by atoms with Crippen molar-refractivity contribution in [2.24, 2.45) is 11.8 Å². The Morgan fingerprint density at radius 3 is 2.73 bits per heavy atom. The molecule has 3 aliphatic rings. The number of Topliss-reactive ketones (excluding diaryl/α,β-unsaturated/α-hetero) is 1. The predicted molar refractivity (Wildman–Crippen MR) is 94.9 cm³/mol. The molecule has 0 saturated carbocycles. The Hall–Kier alpha value is -1.83. The molecule has 1 amide bonds. The molecule has 3 saturated heterocycles. The fraction of sp³-hybridized carbons (Fsp3) is 0.579. The van der Waals surface area contributed by atoms with Gasteiger partial charge in [0.2, 0.25) is 5.91 Å². The fourth-order valence-electron chi connectivity index (χ4n) is 4.40. The monoisotopic (exact) mass is 360 g/mol. The molecular formula is C19H25FN4O2. The zero-order valence-electron chi connectivity index (χ0n) is 14.7. The minimum atomic E-state index is -0.350. The lowest BCUT2D eigenvalue weighted by Gasteiger charge is -2.35. The van der Waals surface area contributed by atoms with Crippen molar-refractivity contribution in [3.8, 4) is 0 Å². The third kappa shape index (κ3) is 3.39. The highest BCUT2D eigenvalue weighted by atomic mass is 19.1. The largest absolute Gasteiger partial charge is 0.341 e. The summed E-state index contributed by atoms with van der Waals surface area (Å²) in [7, 11) is 0. The molecule has 6 nitrogen and oxygen atoms in total. The fourth-order valence-corrected chi connectivity index (χ4v) is 4.40. The first-order valence-electron chi connectivity index (χ1n) is 9.44. The van der Waals surface area contributed by atoms with Gasteiger partial charge in [0.1, 0.15) is 11.9 Å². The van der Waals surface area contributed by atoms with Gasteiger partial charge in [0.05, 0.1) is 0 Å². The number of carbonyl (C=O) groups excluding carboxylic acids is 2. The second-order valence-electron chi connectivity index (χ2n) is 7.52. The Morgan fingerprint density at radius 1 is 1.12 bits per heavy atom. The molecule has 0 aliphatic carbocycles. The topological polar surface area (TPSA) is 73.5 Å². The Kier molecular flexibility index (Phi) is 5.02. The van der Waals surface area contributed by atoms with Gasteiger partial charge in [0.15, 0.2) is 5.78 Å². The van der Waals surface area contributed by atoms with E-state index in [0.29, 0.717) is 24.7 Å². The van der Waals surface area contributed by atoms with Crippen LogP contribution in [0.2, 0.25) is 0 Å². The van der Waals surface area contributed by atoms with E-state index in [1.165, 1.54) is 24.3 Å². The number of hydrazine groups is 1. The van der Waals surface area contributed by atoms with E-state index in [2.05, 4.69) is 16.2 Å². The van der Waals surface area contributed by atoms with Gasteiger partial charge in [-0.05, 0) is 50.1 Å². The highest BCUT2D eigenvalue weighted by molar-refractivity contribution is 5.98. The van der Waals surface area contributed by atoms with Gasteiger partial charge in [0, 0.05) is 43.1 Å². The Balaban J connectivity index is 1.42. The molecular weight excluding hydrogens is 335 g/mol. The SMILES string of the molecule is O=C(c1ccc(F)cc1)C1CCCN(C(=O)C2NNC3CCNCC32)C1. The van der Waals surface area contributed by atoms with Gasteiger partial charge in [0.25, 0.3) is 0 Å². The van der Waals surface area contributed by atoms with Crippen molar-refractivity contribution < 1.29 is 14.0 Å². The molecule has 0 bridgehead atoms. The van der Waals surface area contributed by atoms with Crippen molar-refractivity contribution in [2.45, 2.75) is 31.3 Å². The highest BCUT2D eigenvalue weighted by Crippen LogP contribution is 2.25. The molecule has 4 rings (SSSR count). The first-order valence-corrected chi connectivity index (χ1v) is 9.44. The number of hydrogen-bond acceptors (Lipinski definition) is 5. The lowest BCUT2D eigenvalue weighted by molar-refractivity contribution is -0.135. The van der Waals surface area contributed by atoms with Gasteiger partial charge in [-0.25, -0.2) is 9.82 Å². The number of halogens is 1. The first kappa shape index (κ1) is 17.6. The van der Waals surface area contributed by atoms with Crippen LogP contribution >= 0.6 is 0 Å². The normalized spacial score (nSPS) is 31.5. The quantitative estimate of drug-likeness (QED) is 0.692. The summed E-state index contributed by atoms with van der Waals surface area (Å²) in [5.74, 6) is -0.253. The van der Waals surface area contributed by atoms with Crippen molar-refractivity contribution in [3.05, 3.63) is 35.6 Å². The van der Waals surface area contributed by atoms with Gasteiger partial charge in [-0.15, -0.1) is 0 Å². The minimum Gasteiger partial charge on any atom is -0.341 e. The molecule has 1 aromatic rings. The smallest absolute Gasteiger partial charge is 0.241 e. The van der Waals surface area contributed by atoms with E-state index in [1.807, 2.05) is 4.90 Å². The number of hydrogen-bond donors (Lipinski definition) is 3. The molecule has 3 fully saturated rings. The number of piperidine rings is 2. The van der Waals surface area contributed by atoms with Crippen molar-refractivity contribution in [3.63, 3.8) is 0 Å². The number of amides is 1. The van der Waals surface area contributed by atoms with Crippen LogP contribution in [0.3, 0.4) is 0 Å². The van der Waals surface area contributed by atoms with Crippen LogP contribution in [0.4, 0.5) is 4.39 Å². The zero-order valence-corrected chi connectivity index (χ0v) is 14.7. The van der Waals surface area contributed by atoms with E-state index in [9.17, 15) is 14.0 Å². The summed E-state index contributed by atoms with van der Waals surface area (Å²) < 4.78 is 13.1. The van der Waals surface area contributed by atoms with E-state index in [4.69, 9.17) is 0 Å². The molecule has 3 N–H and O–H groups in total. The van der Waals surface area contributed by atoms with Gasteiger partial charge in [-0.2, -0.15) is 0 Å². The molecule has 7 heteroatoms. The van der Waals surface area contributed by atoms with Crippen molar-refractivity contribution in [2.75, 3.05) is 26.2 Å². The highest BCUT2D eigenvalue weighted by Gasteiger charge is 2.43. The molecule has 140 valence electrons. The molecule has 0 aromatic heterocycles. The summed E-state index contributed by atoms with van der Waals surface area (Å²) in [6.07, 6.45) is 2.59. The lowest BCUT2D eigenvalue weighted by atomic mass is 9.87. The average molecular weight is 360 g/mol. The van der Waals surface area contributed by atoms with Crippen LogP contribution in [-0.2, 0) is 4.79 Å². The standard InChI is InChI=1S/C19H25FN4O2/c20-14-5-3-12(4-6-14)18(25)13-2-1-9-24(11-13)19(26)17-15-10-21-8-7-16(15)22-23-17/h3-6,13,15-17,21-23H,1-2,7-11H2. The van der Waals surface area contributed by atoms with E-state index in [-0.39, 0.29) is 35.4 Å². The van der Waals surface area contributed by atoms with Crippen LogP contribution in [-0.4, -0.2) is 54.9 Å². The Labute approximate surface area is 152 Å². The summed E-state index contributed by atoms with van der Waals surface area (Å²) in [6, 6.07) is 5.75. The maximum atomic E-state index is 13.1. The third-order valence-electron chi connectivity index (χ3n) is 5.88. The van der Waals surface area contributed by atoms with Crippen LogP contribution in [0, 0.1) is 17.7 Å². The number of nitrogens with one attached hydrogen (secondary N) is 3. The van der Waals surface area contributed by atoms with Gasteiger partial charge in [-0.1, -0.05) is 0 Å². The zero-order chi connectivity index (χ0) is 18.1. The molecule has 1 aromatic carbocycles. The maximum absolute atomic E-state index is 13.1. The van der Waals surface area contributed by atoms with Crippen LogP contribution in [0.1, 0.15) is 29.6 Å². The Morgan fingerprint density at radius 2 is 1.92 bits per heavy atom. The van der Waals surface area contributed by atoms with Crippen molar-refractivity contribution in [1.29, 1.82) is 0 Å². The summed E-state index contributed by atoms with van der Waals surface area (Å²) in [6.45, 7) is 2.93. The lowest BCUT2D eigenvalue weighted by Crippen LogP contribution is -2.53. The van der Waals surface area contributed by atoms with Crippen molar-refractivity contribution in [1.82, 2.24) is 21.1 Å². The molecule has 3 aliphatic heterocycles. The number of likely N-dealkylation sites (tertiary alicyclic amines) is 1. The summed E-state index contributed by atoms with van der Waals surface area (Å²) in [5, 5.41) is 3.36. The summed E-state index contributed by atoms with van der Waals surface area (Å²) in [5.41, 5.74) is 6.94. The number of carbonyl (C=O) groups is 2. The molecule has 0 radical (unpaired) electrons. The van der Waals surface area contributed by atoms with Gasteiger partial charge in [-0.3, -0.25) is 15.0 Å². The van der Waals surface area contributed by atoms with E-state index < -0.39 is 0 Å². The molecule has 3 heterocycles. The third-order valence-corrected chi connectivity index (χ3v) is 5.88. The van der Waals surface area contributed by atoms with Crippen LogP contribution < -0.4 is 16.2 Å². The number of benzene rings is 1. The van der Waals surface area contributed by atoms with Gasteiger partial charge < -0.3 is 10.2 Å². The second-order valence-corrected chi connectivity index (χ2v) is 7.52. The van der Waals surface area contributed by atoms with Crippen molar-refractivity contribution >= 4 is 11.7 Å². The van der Waals surface area contributed by atoms with Gasteiger partial charge >= 0.3 is 0 Å². The minimum absolute atomic E-state index is 0.00258. The van der Waals surface area contributed by atoms with Crippen LogP contribution in [0.25, 0.3) is 0 Å². The van der Waals surface area contributed by atoms with E-state index in [0.717, 1.165) is 32.4 Å². The molecule has 0 spiro atoms. The number of fused-ring (bicyclic) bond motifs is 1. The van der Waals surface area contributed by atoms with E-state index >= 15 is 0 Å². The maximum Gasteiger partial charge on any atom is 0.241 e. The summed E-state index contributed by atoms with van der Waals surface area (Å²) >= 11 is 0. The average Bonchev–Trinajstić information content (AvgIpc) is 3.12.